The molecule has 0 radical (unpaired) electrons. The molecule has 2 aromatic rings. The number of hydrogen-bond acceptors (Lipinski definition) is 6. The average molecular weight is 402 g/mol. The number of ether oxygens (including phenoxy) is 2. The number of carbonyl (C=O) groups excluding carboxylic acids is 2. The molecule has 8 nitrogen and oxygen atoms in total. The van der Waals surface area contributed by atoms with E-state index in [0.717, 1.165) is 0 Å². The van der Waals surface area contributed by atoms with E-state index in [0.29, 0.717) is 5.75 Å². The summed E-state index contributed by atoms with van der Waals surface area (Å²) in [6, 6.07) is 11.6. The largest absolute Gasteiger partial charge is 0.497 e. The van der Waals surface area contributed by atoms with Crippen molar-refractivity contribution >= 4 is 27.6 Å². The SMILES string of the molecule is C#CCNC(=O)COC(=O)c1ccccc1NS(=O)(=O)c1ccc(OC)cc1. The molecule has 0 atom stereocenters. The zero-order chi connectivity index (χ0) is 20.6. The van der Waals surface area contributed by atoms with E-state index < -0.39 is 28.5 Å². The van der Waals surface area contributed by atoms with Gasteiger partial charge >= 0.3 is 5.97 Å². The minimum absolute atomic E-state index is 0.00856. The molecule has 1 amide bonds. The lowest BCUT2D eigenvalue weighted by Gasteiger charge is -2.12. The summed E-state index contributed by atoms with van der Waals surface area (Å²) in [5.74, 6) is 1.30. The van der Waals surface area contributed by atoms with E-state index in [1.54, 1.807) is 12.1 Å². The minimum Gasteiger partial charge on any atom is -0.497 e. The van der Waals surface area contributed by atoms with Crippen molar-refractivity contribution in [2.75, 3.05) is 25.0 Å². The molecule has 0 saturated heterocycles. The van der Waals surface area contributed by atoms with Gasteiger partial charge in [0.05, 0.1) is 29.8 Å². The van der Waals surface area contributed by atoms with Crippen molar-refractivity contribution in [2.24, 2.45) is 0 Å². The van der Waals surface area contributed by atoms with E-state index in [1.807, 2.05) is 0 Å². The predicted octanol–water partition coefficient (Wildman–Crippen LogP) is 1.40. The quantitative estimate of drug-likeness (QED) is 0.510. The zero-order valence-corrected chi connectivity index (χ0v) is 15.8. The third kappa shape index (κ3) is 5.49. The molecule has 0 heterocycles. The van der Waals surface area contributed by atoms with E-state index in [1.165, 1.54) is 43.5 Å². The van der Waals surface area contributed by atoms with E-state index in [9.17, 15) is 18.0 Å². The molecule has 0 aliphatic heterocycles. The first-order chi connectivity index (χ1) is 13.4. The Kier molecular flexibility index (Phi) is 7.01. The number of terminal acetylenes is 1. The van der Waals surface area contributed by atoms with Gasteiger partial charge in [-0.3, -0.25) is 9.52 Å². The van der Waals surface area contributed by atoms with Crippen LogP contribution in [-0.2, 0) is 19.6 Å². The molecule has 0 spiro atoms. The molecule has 2 aromatic carbocycles. The van der Waals surface area contributed by atoms with E-state index in [4.69, 9.17) is 15.9 Å². The normalized spacial score (nSPS) is 10.4. The lowest BCUT2D eigenvalue weighted by molar-refractivity contribution is -0.123. The second kappa shape index (κ2) is 9.43. The fourth-order valence-corrected chi connectivity index (χ4v) is 3.20. The van der Waals surface area contributed by atoms with E-state index >= 15 is 0 Å². The summed E-state index contributed by atoms with van der Waals surface area (Å²) in [6.07, 6.45) is 5.02. The Bertz CT molecular complexity index is 994. The summed E-state index contributed by atoms with van der Waals surface area (Å²) in [7, 11) is -2.48. The maximum absolute atomic E-state index is 12.6. The third-order valence-corrected chi connectivity index (χ3v) is 4.86. The lowest BCUT2D eigenvalue weighted by Crippen LogP contribution is -2.29. The highest BCUT2D eigenvalue weighted by molar-refractivity contribution is 7.92. The van der Waals surface area contributed by atoms with Crippen molar-refractivity contribution < 1.29 is 27.5 Å². The number of esters is 1. The van der Waals surface area contributed by atoms with Crippen molar-refractivity contribution in [3.8, 4) is 18.1 Å². The fraction of sp³-hybridized carbons (Fsp3) is 0.158. The molecule has 0 aliphatic carbocycles. The number of anilines is 1. The standard InChI is InChI=1S/C19H18N2O6S/c1-3-12-20-18(22)13-27-19(23)16-6-4-5-7-17(16)21-28(24,25)15-10-8-14(26-2)9-11-15/h1,4-11,21H,12-13H2,2H3,(H,20,22). The monoisotopic (exact) mass is 402 g/mol. The molecule has 2 rings (SSSR count). The smallest absolute Gasteiger partial charge is 0.340 e. The van der Waals surface area contributed by atoms with Crippen LogP contribution in [-0.4, -0.2) is 40.6 Å². The van der Waals surface area contributed by atoms with Crippen LogP contribution in [0.15, 0.2) is 53.4 Å². The van der Waals surface area contributed by atoms with Crippen LogP contribution < -0.4 is 14.8 Å². The van der Waals surface area contributed by atoms with Crippen LogP contribution in [0.4, 0.5) is 5.69 Å². The van der Waals surface area contributed by atoms with Crippen molar-refractivity contribution in [1.82, 2.24) is 5.32 Å². The minimum atomic E-state index is -3.95. The molecule has 0 bridgehead atoms. The summed E-state index contributed by atoms with van der Waals surface area (Å²) in [5, 5.41) is 2.35. The first-order valence-corrected chi connectivity index (χ1v) is 9.49. The number of sulfonamides is 1. The third-order valence-electron chi connectivity index (χ3n) is 3.48. The zero-order valence-electron chi connectivity index (χ0n) is 15.0. The number of para-hydroxylation sites is 1. The highest BCUT2D eigenvalue weighted by Crippen LogP contribution is 2.22. The molecule has 28 heavy (non-hydrogen) atoms. The Morgan fingerprint density at radius 1 is 1.11 bits per heavy atom. The van der Waals surface area contributed by atoms with Gasteiger partial charge in [0.1, 0.15) is 5.75 Å². The fourth-order valence-electron chi connectivity index (χ4n) is 2.12. The van der Waals surface area contributed by atoms with Gasteiger partial charge in [0.25, 0.3) is 15.9 Å². The van der Waals surface area contributed by atoms with Gasteiger partial charge in [0.2, 0.25) is 0 Å². The molecule has 0 unspecified atom stereocenters. The van der Waals surface area contributed by atoms with Crippen LogP contribution >= 0.6 is 0 Å². The maximum Gasteiger partial charge on any atom is 0.340 e. The number of carbonyl (C=O) groups is 2. The molecule has 0 saturated carbocycles. The number of amides is 1. The predicted molar refractivity (Wildman–Crippen MR) is 102 cm³/mol. The number of nitrogens with one attached hydrogen (secondary N) is 2. The Morgan fingerprint density at radius 2 is 1.79 bits per heavy atom. The van der Waals surface area contributed by atoms with Gasteiger partial charge in [0, 0.05) is 0 Å². The Hall–Kier alpha value is -3.51. The molecular weight excluding hydrogens is 384 g/mol. The second-order valence-electron chi connectivity index (χ2n) is 5.38. The molecule has 146 valence electrons. The van der Waals surface area contributed by atoms with Gasteiger partial charge in [-0.1, -0.05) is 18.1 Å². The van der Waals surface area contributed by atoms with Crippen LogP contribution in [0, 0.1) is 12.3 Å². The summed E-state index contributed by atoms with van der Waals surface area (Å²) in [4.78, 5) is 23.7. The van der Waals surface area contributed by atoms with Crippen LogP contribution in [0.2, 0.25) is 0 Å². The maximum atomic E-state index is 12.6. The highest BCUT2D eigenvalue weighted by atomic mass is 32.2. The van der Waals surface area contributed by atoms with Crippen molar-refractivity contribution in [1.29, 1.82) is 0 Å². The number of methoxy groups -OCH3 is 1. The van der Waals surface area contributed by atoms with Gasteiger partial charge in [-0.05, 0) is 36.4 Å². The van der Waals surface area contributed by atoms with E-state index in [-0.39, 0.29) is 22.7 Å². The Labute approximate surface area is 162 Å². The second-order valence-corrected chi connectivity index (χ2v) is 7.07. The van der Waals surface area contributed by atoms with Gasteiger partial charge in [-0.25, -0.2) is 13.2 Å². The van der Waals surface area contributed by atoms with Gasteiger partial charge in [-0.15, -0.1) is 6.42 Å². The molecule has 2 N–H and O–H groups in total. The first-order valence-electron chi connectivity index (χ1n) is 8.00. The molecule has 9 heteroatoms. The van der Waals surface area contributed by atoms with Crippen molar-refractivity contribution in [3.63, 3.8) is 0 Å². The van der Waals surface area contributed by atoms with Gasteiger partial charge < -0.3 is 14.8 Å². The summed E-state index contributed by atoms with van der Waals surface area (Å²) in [6.45, 7) is -0.533. The highest BCUT2D eigenvalue weighted by Gasteiger charge is 2.20. The van der Waals surface area contributed by atoms with Crippen LogP contribution in [0.25, 0.3) is 0 Å². The van der Waals surface area contributed by atoms with Gasteiger partial charge in [0.15, 0.2) is 6.61 Å². The Morgan fingerprint density at radius 3 is 2.43 bits per heavy atom. The van der Waals surface area contributed by atoms with Crippen LogP contribution in [0.5, 0.6) is 5.75 Å². The Balaban J connectivity index is 2.15. The number of benzene rings is 2. The number of rotatable bonds is 8. The summed E-state index contributed by atoms with van der Waals surface area (Å²) in [5.41, 5.74) is -0.0170. The summed E-state index contributed by atoms with van der Waals surface area (Å²) < 4.78 is 37.4. The van der Waals surface area contributed by atoms with Crippen molar-refractivity contribution in [3.05, 3.63) is 54.1 Å². The lowest BCUT2D eigenvalue weighted by atomic mass is 10.2. The molecule has 0 aromatic heterocycles. The number of hydrogen-bond donors (Lipinski definition) is 2. The van der Waals surface area contributed by atoms with Crippen LogP contribution in [0.1, 0.15) is 10.4 Å². The first kappa shape index (κ1) is 20.8. The van der Waals surface area contributed by atoms with Crippen molar-refractivity contribution in [2.45, 2.75) is 4.90 Å². The topological polar surface area (TPSA) is 111 Å². The average Bonchev–Trinajstić information content (AvgIpc) is 2.70. The van der Waals surface area contributed by atoms with Crippen LogP contribution in [0.3, 0.4) is 0 Å². The van der Waals surface area contributed by atoms with E-state index in [2.05, 4.69) is 16.0 Å². The molecule has 0 fully saturated rings. The van der Waals surface area contributed by atoms with Gasteiger partial charge in [-0.2, -0.15) is 0 Å². The molecule has 0 aliphatic rings. The summed E-state index contributed by atoms with van der Waals surface area (Å²) >= 11 is 0. The molecular formula is C19H18N2O6S.